The lowest BCUT2D eigenvalue weighted by atomic mass is 10.2. The summed E-state index contributed by atoms with van der Waals surface area (Å²) < 4.78 is 13.2. The maximum absolute atomic E-state index is 12.2. The second-order valence-electron chi connectivity index (χ2n) is 3.70. The largest absolute Gasteiger partial charge is 0.317 e. The van der Waals surface area contributed by atoms with Crippen LogP contribution in [0.5, 0.6) is 0 Å². The van der Waals surface area contributed by atoms with Crippen LogP contribution in [-0.4, -0.2) is 22.5 Å². The summed E-state index contributed by atoms with van der Waals surface area (Å²) in [6, 6.07) is 7.80. The molecular formula is C11H15BrClNOS. The van der Waals surface area contributed by atoms with Gasteiger partial charge < -0.3 is 5.32 Å². The van der Waals surface area contributed by atoms with Crippen LogP contribution in [0.25, 0.3) is 0 Å². The van der Waals surface area contributed by atoms with Crippen LogP contribution < -0.4 is 5.32 Å². The van der Waals surface area contributed by atoms with Gasteiger partial charge in [-0.25, -0.2) is 0 Å². The van der Waals surface area contributed by atoms with E-state index in [2.05, 4.69) is 21.2 Å². The number of hydrogen-bond acceptors (Lipinski definition) is 2. The summed E-state index contributed by atoms with van der Waals surface area (Å²) in [5.74, 6) is 0. The predicted molar refractivity (Wildman–Crippen MR) is 73.7 cm³/mol. The molecule has 0 amide bonds. The first-order valence-electron chi connectivity index (χ1n) is 5.14. The van der Waals surface area contributed by atoms with E-state index in [0.717, 1.165) is 35.3 Å². The Bertz CT molecular complexity index is 352. The second-order valence-corrected chi connectivity index (χ2v) is 6.35. The summed E-state index contributed by atoms with van der Waals surface area (Å²) >= 11 is 3.38. The molecule has 0 aliphatic carbocycles. The zero-order chi connectivity index (χ0) is 10.7. The molecule has 1 atom stereocenters. The van der Waals surface area contributed by atoms with Crippen LogP contribution in [0.2, 0.25) is 0 Å². The van der Waals surface area contributed by atoms with Crippen molar-refractivity contribution in [2.24, 2.45) is 0 Å². The highest BCUT2D eigenvalue weighted by Gasteiger charge is 2.20. The Morgan fingerprint density at radius 3 is 2.31 bits per heavy atom. The minimum Gasteiger partial charge on any atom is -0.317 e. The summed E-state index contributed by atoms with van der Waals surface area (Å²) in [6.07, 6.45) is 2.03. The maximum atomic E-state index is 12.2. The minimum absolute atomic E-state index is 0. The standard InChI is InChI=1S/C11H14BrNOS.ClH/c12-9-1-3-10(4-2-9)15(14)11-5-7-13-8-6-11;/h1-4,11,13H,5-8H2;1H. The van der Waals surface area contributed by atoms with Gasteiger partial charge in [0.1, 0.15) is 0 Å². The number of halogens is 2. The molecule has 16 heavy (non-hydrogen) atoms. The van der Waals surface area contributed by atoms with Crippen LogP contribution in [0.15, 0.2) is 33.6 Å². The molecule has 0 saturated carbocycles. The summed E-state index contributed by atoms with van der Waals surface area (Å²) in [6.45, 7) is 1.99. The Kier molecular flexibility index (Phi) is 5.97. The first-order chi connectivity index (χ1) is 7.27. The number of benzene rings is 1. The Morgan fingerprint density at radius 2 is 1.75 bits per heavy atom. The molecular weight excluding hydrogens is 310 g/mol. The molecule has 1 aliphatic heterocycles. The monoisotopic (exact) mass is 323 g/mol. The Labute approximate surface area is 113 Å². The van der Waals surface area contributed by atoms with Crippen LogP contribution in [0.4, 0.5) is 0 Å². The molecule has 1 aliphatic rings. The summed E-state index contributed by atoms with van der Waals surface area (Å²) in [5.41, 5.74) is 0. The van der Waals surface area contributed by atoms with Crippen LogP contribution in [0.1, 0.15) is 12.8 Å². The van der Waals surface area contributed by atoms with Crippen molar-refractivity contribution in [2.45, 2.75) is 23.0 Å². The predicted octanol–water partition coefficient (Wildman–Crippen LogP) is 2.73. The van der Waals surface area contributed by atoms with Crippen LogP contribution in [0.3, 0.4) is 0 Å². The van der Waals surface area contributed by atoms with E-state index in [1.807, 2.05) is 24.3 Å². The smallest absolute Gasteiger partial charge is 0.0561 e. The van der Waals surface area contributed by atoms with E-state index in [9.17, 15) is 4.21 Å². The van der Waals surface area contributed by atoms with Gasteiger partial charge in [-0.05, 0) is 50.2 Å². The molecule has 1 aromatic rings. The van der Waals surface area contributed by atoms with Crippen molar-refractivity contribution in [1.82, 2.24) is 5.32 Å². The van der Waals surface area contributed by atoms with Gasteiger partial charge in [-0.2, -0.15) is 0 Å². The third-order valence-electron chi connectivity index (χ3n) is 2.63. The fraction of sp³-hybridized carbons (Fsp3) is 0.455. The van der Waals surface area contributed by atoms with Gasteiger partial charge in [0.05, 0.1) is 10.8 Å². The molecule has 1 unspecified atom stereocenters. The molecule has 0 spiro atoms. The van der Waals surface area contributed by atoms with Gasteiger partial charge in [0.15, 0.2) is 0 Å². The van der Waals surface area contributed by atoms with E-state index in [4.69, 9.17) is 0 Å². The van der Waals surface area contributed by atoms with Gasteiger partial charge in [0, 0.05) is 14.6 Å². The molecule has 0 bridgehead atoms. The molecule has 1 N–H and O–H groups in total. The highest BCUT2D eigenvalue weighted by Crippen LogP contribution is 2.20. The molecule has 0 radical (unpaired) electrons. The molecule has 0 aromatic heterocycles. The normalized spacial score (nSPS) is 18.8. The van der Waals surface area contributed by atoms with Gasteiger partial charge in [0.2, 0.25) is 0 Å². The van der Waals surface area contributed by atoms with E-state index >= 15 is 0 Å². The molecule has 2 nitrogen and oxygen atoms in total. The van der Waals surface area contributed by atoms with E-state index in [0.29, 0.717) is 5.25 Å². The lowest BCUT2D eigenvalue weighted by Gasteiger charge is -2.21. The van der Waals surface area contributed by atoms with E-state index in [1.165, 1.54) is 0 Å². The third-order valence-corrected chi connectivity index (χ3v) is 4.98. The zero-order valence-corrected chi connectivity index (χ0v) is 12.0. The average molecular weight is 325 g/mol. The summed E-state index contributed by atoms with van der Waals surface area (Å²) in [7, 11) is -0.839. The number of hydrogen-bond donors (Lipinski definition) is 1. The van der Waals surface area contributed by atoms with Crippen molar-refractivity contribution >= 4 is 39.1 Å². The van der Waals surface area contributed by atoms with Crippen LogP contribution in [0, 0.1) is 0 Å². The number of rotatable bonds is 2. The number of piperidine rings is 1. The molecule has 5 heteroatoms. The van der Waals surface area contributed by atoms with Crippen molar-refractivity contribution in [3.8, 4) is 0 Å². The number of nitrogens with one attached hydrogen (secondary N) is 1. The zero-order valence-electron chi connectivity index (χ0n) is 8.82. The van der Waals surface area contributed by atoms with Crippen molar-refractivity contribution in [3.05, 3.63) is 28.7 Å². The first-order valence-corrected chi connectivity index (χ1v) is 7.15. The van der Waals surface area contributed by atoms with Crippen molar-refractivity contribution in [2.75, 3.05) is 13.1 Å². The fourth-order valence-electron chi connectivity index (χ4n) is 1.77. The second kappa shape index (κ2) is 6.74. The highest BCUT2D eigenvalue weighted by molar-refractivity contribution is 9.10. The lowest BCUT2D eigenvalue weighted by Crippen LogP contribution is -2.33. The SMILES string of the molecule is Cl.O=S(c1ccc(Br)cc1)C1CCNCC1. The molecule has 1 heterocycles. The molecule has 90 valence electrons. The highest BCUT2D eigenvalue weighted by atomic mass is 79.9. The maximum Gasteiger partial charge on any atom is 0.0561 e. The van der Waals surface area contributed by atoms with Crippen molar-refractivity contribution in [3.63, 3.8) is 0 Å². The van der Waals surface area contributed by atoms with Gasteiger partial charge in [0.25, 0.3) is 0 Å². The first kappa shape index (κ1) is 14.2. The fourth-order valence-corrected chi connectivity index (χ4v) is 3.49. The van der Waals surface area contributed by atoms with Crippen molar-refractivity contribution < 1.29 is 4.21 Å². The summed E-state index contributed by atoms with van der Waals surface area (Å²) in [4.78, 5) is 0.949. The van der Waals surface area contributed by atoms with Crippen LogP contribution in [-0.2, 0) is 10.8 Å². The molecule has 2 rings (SSSR count). The quantitative estimate of drug-likeness (QED) is 0.906. The Balaban J connectivity index is 0.00000128. The molecule has 1 fully saturated rings. The van der Waals surface area contributed by atoms with E-state index < -0.39 is 10.8 Å². The molecule has 1 aromatic carbocycles. The van der Waals surface area contributed by atoms with Gasteiger partial charge in [-0.3, -0.25) is 4.21 Å². The topological polar surface area (TPSA) is 29.1 Å². The average Bonchev–Trinajstić information content (AvgIpc) is 2.30. The van der Waals surface area contributed by atoms with E-state index in [1.54, 1.807) is 0 Å². The van der Waals surface area contributed by atoms with Gasteiger partial charge >= 0.3 is 0 Å². The van der Waals surface area contributed by atoms with E-state index in [-0.39, 0.29) is 12.4 Å². The summed E-state index contributed by atoms with van der Waals surface area (Å²) in [5, 5.41) is 3.61. The Hall–Kier alpha value is 0.1000. The van der Waals surface area contributed by atoms with Crippen LogP contribution >= 0.6 is 28.3 Å². The molecule has 1 saturated heterocycles. The minimum atomic E-state index is -0.839. The van der Waals surface area contributed by atoms with Gasteiger partial charge in [-0.15, -0.1) is 12.4 Å². The lowest BCUT2D eigenvalue weighted by molar-refractivity contribution is 0.519. The third kappa shape index (κ3) is 3.55. The van der Waals surface area contributed by atoms with Gasteiger partial charge in [-0.1, -0.05) is 15.9 Å². The Morgan fingerprint density at radius 1 is 1.19 bits per heavy atom. The van der Waals surface area contributed by atoms with Crippen molar-refractivity contribution in [1.29, 1.82) is 0 Å².